The van der Waals surface area contributed by atoms with Crippen molar-refractivity contribution in [2.75, 3.05) is 31.1 Å². The van der Waals surface area contributed by atoms with E-state index in [1.807, 2.05) is 11.1 Å². The first kappa shape index (κ1) is 14.8. The zero-order valence-corrected chi connectivity index (χ0v) is 13.0. The third-order valence-electron chi connectivity index (χ3n) is 3.61. The van der Waals surface area contributed by atoms with Gasteiger partial charge in [-0.3, -0.25) is 9.78 Å². The van der Waals surface area contributed by atoms with Crippen LogP contribution in [0.1, 0.15) is 33.4 Å². The normalized spacial score (nSPS) is 16.4. The van der Waals surface area contributed by atoms with Gasteiger partial charge in [-0.05, 0) is 24.0 Å². The van der Waals surface area contributed by atoms with Crippen LogP contribution in [0.15, 0.2) is 18.3 Å². The average Bonchev–Trinajstić information content (AvgIpc) is 2.38. The van der Waals surface area contributed by atoms with Crippen LogP contribution in [0.4, 0.5) is 5.69 Å². The Labute approximate surface area is 121 Å². The third kappa shape index (κ3) is 3.95. The van der Waals surface area contributed by atoms with Gasteiger partial charge in [0, 0.05) is 38.8 Å². The van der Waals surface area contributed by atoms with E-state index in [1.54, 1.807) is 6.92 Å². The molecule has 1 aromatic rings. The van der Waals surface area contributed by atoms with Gasteiger partial charge in [-0.15, -0.1) is 0 Å². The Morgan fingerprint density at radius 1 is 1.20 bits per heavy atom. The van der Waals surface area contributed by atoms with Crippen LogP contribution in [-0.2, 0) is 11.2 Å². The highest BCUT2D eigenvalue weighted by molar-refractivity contribution is 5.73. The lowest BCUT2D eigenvalue weighted by Crippen LogP contribution is -2.48. The summed E-state index contributed by atoms with van der Waals surface area (Å²) >= 11 is 0. The lowest BCUT2D eigenvalue weighted by molar-refractivity contribution is -0.129. The number of amides is 1. The highest BCUT2D eigenvalue weighted by atomic mass is 16.2. The van der Waals surface area contributed by atoms with Gasteiger partial charge in [-0.25, -0.2) is 0 Å². The molecule has 1 aliphatic heterocycles. The van der Waals surface area contributed by atoms with E-state index >= 15 is 0 Å². The van der Waals surface area contributed by atoms with Crippen LogP contribution in [-0.4, -0.2) is 42.0 Å². The highest BCUT2D eigenvalue weighted by Crippen LogP contribution is 2.21. The van der Waals surface area contributed by atoms with Gasteiger partial charge in [0.1, 0.15) is 0 Å². The van der Waals surface area contributed by atoms with E-state index in [-0.39, 0.29) is 11.3 Å². The van der Waals surface area contributed by atoms with Gasteiger partial charge >= 0.3 is 0 Å². The Morgan fingerprint density at radius 3 is 2.30 bits per heavy atom. The average molecular weight is 275 g/mol. The highest BCUT2D eigenvalue weighted by Gasteiger charge is 2.19. The molecule has 110 valence electrons. The number of aromatic nitrogens is 1. The summed E-state index contributed by atoms with van der Waals surface area (Å²) in [7, 11) is 0. The number of nitrogens with zero attached hydrogens (tertiary/aromatic N) is 3. The quantitative estimate of drug-likeness (QED) is 0.831. The third-order valence-corrected chi connectivity index (χ3v) is 3.61. The predicted molar refractivity (Wildman–Crippen MR) is 81.9 cm³/mol. The lowest BCUT2D eigenvalue weighted by Gasteiger charge is -2.35. The minimum Gasteiger partial charge on any atom is -0.367 e. The van der Waals surface area contributed by atoms with E-state index < -0.39 is 0 Å². The van der Waals surface area contributed by atoms with Crippen LogP contribution < -0.4 is 4.90 Å². The molecule has 1 aromatic heterocycles. The van der Waals surface area contributed by atoms with Crippen molar-refractivity contribution in [3.8, 4) is 0 Å². The maximum absolute atomic E-state index is 11.3. The van der Waals surface area contributed by atoms with Crippen molar-refractivity contribution < 1.29 is 4.79 Å². The van der Waals surface area contributed by atoms with Gasteiger partial charge in [0.25, 0.3) is 0 Å². The first-order valence-electron chi connectivity index (χ1n) is 7.30. The van der Waals surface area contributed by atoms with Gasteiger partial charge in [-0.1, -0.05) is 20.8 Å². The summed E-state index contributed by atoms with van der Waals surface area (Å²) in [5, 5.41) is 0. The van der Waals surface area contributed by atoms with Crippen molar-refractivity contribution >= 4 is 11.6 Å². The molecule has 1 saturated heterocycles. The number of rotatable bonds is 2. The van der Waals surface area contributed by atoms with Crippen LogP contribution >= 0.6 is 0 Å². The molecule has 1 amide bonds. The second-order valence-corrected chi connectivity index (χ2v) is 6.74. The van der Waals surface area contributed by atoms with Crippen molar-refractivity contribution in [1.82, 2.24) is 9.88 Å². The van der Waals surface area contributed by atoms with Crippen molar-refractivity contribution in [1.29, 1.82) is 0 Å². The van der Waals surface area contributed by atoms with Crippen molar-refractivity contribution in [2.24, 2.45) is 5.41 Å². The maximum Gasteiger partial charge on any atom is 0.219 e. The van der Waals surface area contributed by atoms with Gasteiger partial charge in [-0.2, -0.15) is 0 Å². The molecule has 20 heavy (non-hydrogen) atoms. The van der Waals surface area contributed by atoms with Gasteiger partial charge in [0.05, 0.1) is 11.9 Å². The molecule has 0 bridgehead atoms. The first-order chi connectivity index (χ1) is 9.35. The van der Waals surface area contributed by atoms with E-state index in [0.29, 0.717) is 0 Å². The molecule has 0 aromatic carbocycles. The number of hydrogen-bond acceptors (Lipinski definition) is 3. The van der Waals surface area contributed by atoms with E-state index in [4.69, 9.17) is 0 Å². The second-order valence-electron chi connectivity index (χ2n) is 6.74. The number of carbonyl (C=O) groups is 1. The van der Waals surface area contributed by atoms with Crippen molar-refractivity contribution in [3.63, 3.8) is 0 Å². The molecule has 4 nitrogen and oxygen atoms in total. The fourth-order valence-electron chi connectivity index (χ4n) is 2.53. The van der Waals surface area contributed by atoms with E-state index in [2.05, 4.69) is 42.8 Å². The second kappa shape index (κ2) is 5.81. The van der Waals surface area contributed by atoms with Crippen molar-refractivity contribution in [3.05, 3.63) is 24.0 Å². The van der Waals surface area contributed by atoms with E-state index in [9.17, 15) is 4.79 Å². The van der Waals surface area contributed by atoms with Crippen LogP contribution in [0.2, 0.25) is 0 Å². The molecule has 0 atom stereocenters. The molecule has 4 heteroatoms. The summed E-state index contributed by atoms with van der Waals surface area (Å²) in [6.07, 6.45) is 2.95. The monoisotopic (exact) mass is 275 g/mol. The summed E-state index contributed by atoms with van der Waals surface area (Å²) in [5.74, 6) is 0.170. The molecule has 2 heterocycles. The smallest absolute Gasteiger partial charge is 0.219 e. The first-order valence-corrected chi connectivity index (χ1v) is 7.30. The molecule has 0 N–H and O–H groups in total. The topological polar surface area (TPSA) is 36.4 Å². The van der Waals surface area contributed by atoms with Gasteiger partial charge in [0.15, 0.2) is 0 Å². The van der Waals surface area contributed by atoms with Gasteiger partial charge in [0.2, 0.25) is 5.91 Å². The molecule has 0 spiro atoms. The minimum absolute atomic E-state index is 0.170. The number of pyridine rings is 1. The zero-order chi connectivity index (χ0) is 14.8. The van der Waals surface area contributed by atoms with Gasteiger partial charge < -0.3 is 9.80 Å². The summed E-state index contributed by atoms with van der Waals surface area (Å²) in [5.41, 5.74) is 2.57. The number of hydrogen-bond donors (Lipinski definition) is 0. The zero-order valence-electron chi connectivity index (χ0n) is 13.0. The lowest BCUT2D eigenvalue weighted by atomic mass is 9.90. The van der Waals surface area contributed by atoms with Crippen LogP contribution in [0.3, 0.4) is 0 Å². The van der Waals surface area contributed by atoms with Crippen LogP contribution in [0, 0.1) is 5.41 Å². The molecule has 1 aliphatic rings. The summed E-state index contributed by atoms with van der Waals surface area (Å²) in [6.45, 7) is 11.7. The summed E-state index contributed by atoms with van der Waals surface area (Å²) in [6, 6.07) is 4.27. The Morgan fingerprint density at radius 2 is 1.85 bits per heavy atom. The molecule has 0 saturated carbocycles. The van der Waals surface area contributed by atoms with Crippen molar-refractivity contribution in [2.45, 2.75) is 34.1 Å². The Kier molecular flexibility index (Phi) is 4.31. The largest absolute Gasteiger partial charge is 0.367 e. The molecule has 2 rings (SSSR count). The molecular weight excluding hydrogens is 250 g/mol. The standard InChI is InChI=1S/C16H25N3O/c1-13(20)18-7-9-19(10-8-18)15-6-5-14(17-12-15)11-16(2,3)4/h5-6,12H,7-11H2,1-4H3. The number of piperazine rings is 1. The SMILES string of the molecule is CC(=O)N1CCN(c2ccc(CC(C)(C)C)nc2)CC1. The maximum atomic E-state index is 11.3. The Bertz CT molecular complexity index is 454. The van der Waals surface area contributed by atoms with Crippen LogP contribution in [0.5, 0.6) is 0 Å². The molecule has 0 radical (unpaired) electrons. The van der Waals surface area contributed by atoms with E-state index in [1.165, 1.54) is 0 Å². The van der Waals surface area contributed by atoms with Crippen LogP contribution in [0.25, 0.3) is 0 Å². The minimum atomic E-state index is 0.170. The summed E-state index contributed by atoms with van der Waals surface area (Å²) < 4.78 is 0. The number of carbonyl (C=O) groups excluding carboxylic acids is 1. The molecule has 1 fully saturated rings. The fourth-order valence-corrected chi connectivity index (χ4v) is 2.53. The summed E-state index contributed by atoms with van der Waals surface area (Å²) in [4.78, 5) is 20.1. The Hall–Kier alpha value is -1.58. The molecular formula is C16H25N3O. The number of anilines is 1. The molecule has 0 unspecified atom stereocenters. The van der Waals surface area contributed by atoms with E-state index in [0.717, 1.165) is 44.0 Å². The fraction of sp³-hybridized carbons (Fsp3) is 0.625. The Balaban J connectivity index is 1.96. The predicted octanol–water partition coefficient (Wildman–Crippen LogP) is 2.34. The molecule has 0 aliphatic carbocycles.